The molecule has 128 valence electrons. The predicted octanol–water partition coefficient (Wildman–Crippen LogP) is 4.71. The van der Waals surface area contributed by atoms with Crippen molar-refractivity contribution < 1.29 is 14.2 Å². The molecule has 0 aromatic rings. The average molecular weight is 310 g/mol. The first-order chi connectivity index (χ1) is 10.6. The Labute approximate surface area is 136 Å². The van der Waals surface area contributed by atoms with E-state index in [2.05, 4.69) is 20.4 Å². The van der Waals surface area contributed by atoms with Gasteiger partial charge in [-0.15, -0.1) is 0 Å². The highest BCUT2D eigenvalue weighted by molar-refractivity contribution is 4.93. The van der Waals surface area contributed by atoms with E-state index in [0.29, 0.717) is 18.6 Å². The second-order valence-corrected chi connectivity index (χ2v) is 7.21. The quantitative estimate of drug-likeness (QED) is 0.638. The highest BCUT2D eigenvalue weighted by atomic mass is 16.5. The van der Waals surface area contributed by atoms with Crippen molar-refractivity contribution in [2.75, 3.05) is 19.8 Å². The van der Waals surface area contributed by atoms with Crippen LogP contribution in [0.3, 0.4) is 0 Å². The van der Waals surface area contributed by atoms with Gasteiger partial charge < -0.3 is 14.2 Å². The molecule has 0 aromatic carbocycles. The van der Waals surface area contributed by atoms with Gasteiger partial charge in [0.05, 0.1) is 25.1 Å². The van der Waals surface area contributed by atoms with Crippen molar-refractivity contribution in [1.29, 1.82) is 0 Å². The Kier molecular flexibility index (Phi) is 7.74. The van der Waals surface area contributed by atoms with Gasteiger partial charge >= 0.3 is 0 Å². The normalized spacial score (nSPS) is 28.8. The molecule has 0 bridgehead atoms. The van der Waals surface area contributed by atoms with Gasteiger partial charge in [-0.25, -0.2) is 0 Å². The molecule has 0 N–H and O–H groups in total. The lowest BCUT2D eigenvalue weighted by Crippen LogP contribution is -2.23. The van der Waals surface area contributed by atoms with Crippen LogP contribution in [-0.4, -0.2) is 32.0 Å². The molecule has 2 aliphatic rings. The second kappa shape index (κ2) is 9.57. The second-order valence-electron chi connectivity index (χ2n) is 7.21. The monoisotopic (exact) mass is 310 g/mol. The molecule has 3 atom stereocenters. The lowest BCUT2D eigenvalue weighted by molar-refractivity contribution is -0.00961. The summed E-state index contributed by atoms with van der Waals surface area (Å²) in [5, 5.41) is 0. The van der Waals surface area contributed by atoms with Gasteiger partial charge in [-0.2, -0.15) is 0 Å². The van der Waals surface area contributed by atoms with E-state index in [0.717, 1.165) is 37.7 Å². The molecule has 0 spiro atoms. The van der Waals surface area contributed by atoms with Crippen molar-refractivity contribution in [3.63, 3.8) is 0 Å². The van der Waals surface area contributed by atoms with Gasteiger partial charge in [-0.3, -0.25) is 0 Å². The van der Waals surface area contributed by atoms with Crippen molar-refractivity contribution in [3.8, 4) is 0 Å². The van der Waals surface area contributed by atoms with E-state index < -0.39 is 0 Å². The van der Waals surface area contributed by atoms with Crippen LogP contribution in [0.5, 0.6) is 0 Å². The number of rotatable bonds is 7. The molecule has 1 aliphatic heterocycles. The van der Waals surface area contributed by atoms with Crippen molar-refractivity contribution in [3.05, 3.63) is 12.3 Å². The van der Waals surface area contributed by atoms with Crippen molar-refractivity contribution in [2.24, 2.45) is 11.8 Å². The third-order valence-corrected chi connectivity index (χ3v) is 4.98. The minimum atomic E-state index is 0.0803. The van der Waals surface area contributed by atoms with Crippen LogP contribution < -0.4 is 0 Å². The van der Waals surface area contributed by atoms with E-state index in [-0.39, 0.29) is 6.10 Å². The average Bonchev–Trinajstić information content (AvgIpc) is 2.73. The zero-order valence-corrected chi connectivity index (χ0v) is 14.5. The smallest absolute Gasteiger partial charge is 0.119 e. The summed E-state index contributed by atoms with van der Waals surface area (Å²) < 4.78 is 17.6. The molecule has 3 nitrogen and oxygen atoms in total. The topological polar surface area (TPSA) is 27.7 Å². The molecule has 3 heteroatoms. The summed E-state index contributed by atoms with van der Waals surface area (Å²) in [7, 11) is 0. The molecule has 0 amide bonds. The van der Waals surface area contributed by atoms with Crippen LogP contribution in [-0.2, 0) is 14.2 Å². The standard InChI is InChI=1S/C19H34O3/c1-15-8-7-11-19(14-21-15)17(3)22-16(2)12-20-13-18-9-5-4-6-10-18/h15-16,18-19H,3-14H2,1-2H3. The zero-order chi connectivity index (χ0) is 15.8. The van der Waals surface area contributed by atoms with E-state index in [9.17, 15) is 0 Å². The molecule has 1 saturated heterocycles. The summed E-state index contributed by atoms with van der Waals surface area (Å²) in [6, 6.07) is 0. The predicted molar refractivity (Wildman–Crippen MR) is 89.8 cm³/mol. The first kappa shape index (κ1) is 17.8. The van der Waals surface area contributed by atoms with Crippen LogP contribution >= 0.6 is 0 Å². The minimum Gasteiger partial charge on any atom is -0.493 e. The summed E-state index contributed by atoms with van der Waals surface area (Å²) in [4.78, 5) is 0. The Morgan fingerprint density at radius 2 is 1.91 bits per heavy atom. The van der Waals surface area contributed by atoms with Gasteiger partial charge in [0, 0.05) is 12.5 Å². The van der Waals surface area contributed by atoms with Crippen LogP contribution in [0, 0.1) is 11.8 Å². The lowest BCUT2D eigenvalue weighted by Gasteiger charge is -2.24. The molecule has 1 saturated carbocycles. The zero-order valence-electron chi connectivity index (χ0n) is 14.5. The maximum Gasteiger partial charge on any atom is 0.119 e. The number of ether oxygens (including phenoxy) is 3. The van der Waals surface area contributed by atoms with Gasteiger partial charge in [0.1, 0.15) is 6.10 Å². The van der Waals surface area contributed by atoms with Crippen molar-refractivity contribution in [2.45, 2.75) is 77.4 Å². The van der Waals surface area contributed by atoms with Gasteiger partial charge in [-0.1, -0.05) is 32.3 Å². The minimum absolute atomic E-state index is 0.0803. The van der Waals surface area contributed by atoms with Crippen LogP contribution in [0.4, 0.5) is 0 Å². The molecule has 2 rings (SSSR count). The molecule has 0 aromatic heterocycles. The van der Waals surface area contributed by atoms with Gasteiger partial charge in [-0.05, 0) is 45.4 Å². The fourth-order valence-corrected chi connectivity index (χ4v) is 3.50. The third kappa shape index (κ3) is 6.29. The molecule has 2 fully saturated rings. The summed E-state index contributed by atoms with van der Waals surface area (Å²) in [6.07, 6.45) is 10.7. The fraction of sp³-hybridized carbons (Fsp3) is 0.895. The van der Waals surface area contributed by atoms with Gasteiger partial charge in [0.25, 0.3) is 0 Å². The van der Waals surface area contributed by atoms with Gasteiger partial charge in [0.2, 0.25) is 0 Å². The summed E-state index contributed by atoms with van der Waals surface area (Å²) in [6.45, 7) is 10.7. The molecular weight excluding hydrogens is 276 g/mol. The Balaban J connectivity index is 1.60. The Morgan fingerprint density at radius 3 is 2.68 bits per heavy atom. The maximum atomic E-state index is 5.97. The Bertz CT molecular complexity index is 323. The molecule has 22 heavy (non-hydrogen) atoms. The highest BCUT2D eigenvalue weighted by Gasteiger charge is 2.21. The summed E-state index contributed by atoms with van der Waals surface area (Å²) in [5.74, 6) is 1.98. The Morgan fingerprint density at radius 1 is 1.14 bits per heavy atom. The van der Waals surface area contributed by atoms with E-state index in [1.165, 1.54) is 38.5 Å². The van der Waals surface area contributed by atoms with Crippen LogP contribution in [0.2, 0.25) is 0 Å². The third-order valence-electron chi connectivity index (χ3n) is 4.98. The van der Waals surface area contributed by atoms with E-state index in [1.807, 2.05) is 0 Å². The first-order valence-electron chi connectivity index (χ1n) is 9.20. The summed E-state index contributed by atoms with van der Waals surface area (Å²) >= 11 is 0. The molecule has 1 aliphatic carbocycles. The highest BCUT2D eigenvalue weighted by Crippen LogP contribution is 2.26. The van der Waals surface area contributed by atoms with Gasteiger partial charge in [0.15, 0.2) is 0 Å². The summed E-state index contributed by atoms with van der Waals surface area (Å²) in [5.41, 5.74) is 0. The lowest BCUT2D eigenvalue weighted by atomic mass is 9.90. The largest absolute Gasteiger partial charge is 0.493 e. The molecular formula is C19H34O3. The molecule has 0 radical (unpaired) electrons. The van der Waals surface area contributed by atoms with Crippen molar-refractivity contribution in [1.82, 2.24) is 0 Å². The fourth-order valence-electron chi connectivity index (χ4n) is 3.50. The van der Waals surface area contributed by atoms with E-state index in [1.54, 1.807) is 0 Å². The van der Waals surface area contributed by atoms with Crippen molar-refractivity contribution >= 4 is 0 Å². The molecule has 1 heterocycles. The SMILES string of the molecule is C=C(OC(C)COCC1CCCCC1)C1CCCC(C)OC1. The number of hydrogen-bond donors (Lipinski definition) is 0. The molecule has 3 unspecified atom stereocenters. The van der Waals surface area contributed by atoms with Crippen LogP contribution in [0.1, 0.15) is 65.2 Å². The van der Waals surface area contributed by atoms with E-state index in [4.69, 9.17) is 14.2 Å². The number of hydrogen-bond acceptors (Lipinski definition) is 3. The van der Waals surface area contributed by atoms with Crippen LogP contribution in [0.15, 0.2) is 12.3 Å². The maximum absolute atomic E-state index is 5.97. The first-order valence-corrected chi connectivity index (χ1v) is 9.20. The van der Waals surface area contributed by atoms with E-state index >= 15 is 0 Å². The van der Waals surface area contributed by atoms with Crippen LogP contribution in [0.25, 0.3) is 0 Å². The Hall–Kier alpha value is -0.540.